The van der Waals surface area contributed by atoms with Gasteiger partial charge in [0.15, 0.2) is 0 Å². The number of hydrogen-bond donors (Lipinski definition) is 0. The van der Waals surface area contributed by atoms with Gasteiger partial charge >= 0.3 is 5.97 Å². The van der Waals surface area contributed by atoms with E-state index < -0.39 is 0 Å². The summed E-state index contributed by atoms with van der Waals surface area (Å²) in [5.41, 5.74) is 0.892. The van der Waals surface area contributed by atoms with Crippen molar-refractivity contribution < 1.29 is 14.3 Å². The van der Waals surface area contributed by atoms with E-state index in [2.05, 4.69) is 5.10 Å². The Morgan fingerprint density at radius 1 is 1.39 bits per heavy atom. The van der Waals surface area contributed by atoms with Crippen LogP contribution < -0.4 is 0 Å². The Morgan fingerprint density at radius 2 is 2.22 bits per heavy atom. The maximum Gasteiger partial charge on any atom is 0.311 e. The van der Waals surface area contributed by atoms with Gasteiger partial charge in [0.25, 0.3) is 0 Å². The Kier molecular flexibility index (Phi) is 4.94. The number of thioether (sulfide) groups is 1. The van der Waals surface area contributed by atoms with Crippen LogP contribution in [0.2, 0.25) is 0 Å². The number of aryl methyl sites for hydroxylation is 1. The molecule has 7 heteroatoms. The minimum Gasteiger partial charge on any atom is -0.461 e. The maximum atomic E-state index is 12.7. The number of nitrogens with zero attached hydrogens (tertiary/aromatic N) is 3. The predicted molar refractivity (Wildman–Crippen MR) is 87.9 cm³/mol. The van der Waals surface area contributed by atoms with Crippen molar-refractivity contribution in [1.29, 1.82) is 0 Å². The number of amides is 1. The summed E-state index contributed by atoms with van der Waals surface area (Å²) in [5, 5.41) is 4.18. The lowest BCUT2D eigenvalue weighted by Crippen LogP contribution is -2.44. The molecule has 0 unspecified atom stereocenters. The third-order valence-electron chi connectivity index (χ3n) is 4.63. The van der Waals surface area contributed by atoms with Gasteiger partial charge in [0.05, 0.1) is 18.2 Å². The van der Waals surface area contributed by atoms with Gasteiger partial charge in [-0.3, -0.25) is 14.3 Å². The topological polar surface area (TPSA) is 64.4 Å². The summed E-state index contributed by atoms with van der Waals surface area (Å²) in [6.45, 7) is 0. The number of rotatable bonds is 3. The molecule has 0 aromatic carbocycles. The van der Waals surface area contributed by atoms with Crippen LogP contribution in [-0.4, -0.2) is 51.2 Å². The van der Waals surface area contributed by atoms with E-state index in [-0.39, 0.29) is 29.9 Å². The van der Waals surface area contributed by atoms with E-state index in [1.165, 1.54) is 0 Å². The van der Waals surface area contributed by atoms with Crippen molar-refractivity contribution in [2.75, 3.05) is 18.6 Å². The molecule has 0 radical (unpaired) electrons. The van der Waals surface area contributed by atoms with Gasteiger partial charge in [0.1, 0.15) is 6.10 Å². The van der Waals surface area contributed by atoms with Crippen molar-refractivity contribution >= 4 is 23.6 Å². The van der Waals surface area contributed by atoms with Crippen molar-refractivity contribution in [3.05, 3.63) is 18.0 Å². The summed E-state index contributed by atoms with van der Waals surface area (Å²) in [4.78, 5) is 26.5. The summed E-state index contributed by atoms with van der Waals surface area (Å²) in [6, 6.07) is -0.284. The van der Waals surface area contributed by atoms with E-state index in [4.69, 9.17) is 4.74 Å². The third kappa shape index (κ3) is 3.54. The van der Waals surface area contributed by atoms with Gasteiger partial charge in [0, 0.05) is 38.0 Å². The van der Waals surface area contributed by atoms with Gasteiger partial charge < -0.3 is 9.64 Å². The lowest BCUT2D eigenvalue weighted by atomic mass is 9.86. The molecule has 2 aliphatic rings. The Labute approximate surface area is 140 Å². The molecule has 0 bridgehead atoms. The van der Waals surface area contributed by atoms with Crippen LogP contribution in [-0.2, 0) is 21.4 Å². The summed E-state index contributed by atoms with van der Waals surface area (Å²) in [5.74, 6) is 1.60. The number of aromatic nitrogens is 2. The van der Waals surface area contributed by atoms with Crippen molar-refractivity contribution in [2.45, 2.75) is 37.8 Å². The second-order valence-electron chi connectivity index (χ2n) is 6.32. The molecule has 0 spiro atoms. The Morgan fingerprint density at radius 3 is 2.87 bits per heavy atom. The van der Waals surface area contributed by atoms with E-state index in [1.54, 1.807) is 22.8 Å². The standard InChI is InChI=1S/C16H23N3O3S/c1-18-9-11(8-17-18)15-13(5-6-14(20)19(15)2)16(21)22-12-4-3-7-23-10-12/h8-9,12-13,15H,3-7,10H2,1-2H3/t12-,13-,15+/m0/s1. The summed E-state index contributed by atoms with van der Waals surface area (Å²) in [7, 11) is 3.59. The molecule has 6 nitrogen and oxygen atoms in total. The highest BCUT2D eigenvalue weighted by atomic mass is 32.2. The number of piperidine rings is 1. The van der Waals surface area contributed by atoms with Gasteiger partial charge in [-0.15, -0.1) is 0 Å². The van der Waals surface area contributed by atoms with Crippen LogP contribution >= 0.6 is 11.8 Å². The highest BCUT2D eigenvalue weighted by Gasteiger charge is 2.41. The highest BCUT2D eigenvalue weighted by molar-refractivity contribution is 7.99. The van der Waals surface area contributed by atoms with Gasteiger partial charge in [-0.25, -0.2) is 0 Å². The largest absolute Gasteiger partial charge is 0.461 e. The molecule has 0 aliphatic carbocycles. The molecule has 2 saturated heterocycles. The number of carbonyl (C=O) groups excluding carboxylic acids is 2. The average molecular weight is 337 g/mol. The zero-order valence-corrected chi connectivity index (χ0v) is 14.4. The lowest BCUT2D eigenvalue weighted by molar-refractivity contribution is -0.160. The van der Waals surface area contributed by atoms with E-state index in [0.29, 0.717) is 12.8 Å². The second kappa shape index (κ2) is 6.95. The van der Waals surface area contributed by atoms with E-state index in [1.807, 2.05) is 25.0 Å². The zero-order valence-electron chi connectivity index (χ0n) is 13.6. The average Bonchev–Trinajstić information content (AvgIpc) is 2.96. The van der Waals surface area contributed by atoms with Gasteiger partial charge in [-0.1, -0.05) is 0 Å². The number of esters is 1. The molecule has 3 rings (SSSR count). The molecule has 1 amide bonds. The van der Waals surface area contributed by atoms with Crippen LogP contribution in [0.15, 0.2) is 12.4 Å². The fourth-order valence-corrected chi connectivity index (χ4v) is 4.42. The molecule has 2 aliphatic heterocycles. The quantitative estimate of drug-likeness (QED) is 0.787. The molecule has 1 aromatic heterocycles. The van der Waals surface area contributed by atoms with E-state index in [9.17, 15) is 9.59 Å². The minimum absolute atomic E-state index is 0.0127. The Hall–Kier alpha value is -1.50. The molecule has 0 saturated carbocycles. The van der Waals surface area contributed by atoms with Crippen molar-refractivity contribution in [3.8, 4) is 0 Å². The molecule has 0 N–H and O–H groups in total. The fraction of sp³-hybridized carbons (Fsp3) is 0.688. The van der Waals surface area contributed by atoms with Gasteiger partial charge in [-0.2, -0.15) is 16.9 Å². The first-order valence-corrected chi connectivity index (χ1v) is 9.24. The summed E-state index contributed by atoms with van der Waals surface area (Å²) >= 11 is 1.84. The van der Waals surface area contributed by atoms with Crippen molar-refractivity contribution in [3.63, 3.8) is 0 Å². The normalized spacial score (nSPS) is 28.7. The highest BCUT2D eigenvalue weighted by Crippen LogP contribution is 2.37. The molecular formula is C16H23N3O3S. The number of hydrogen-bond acceptors (Lipinski definition) is 5. The van der Waals surface area contributed by atoms with Crippen LogP contribution in [0.3, 0.4) is 0 Å². The monoisotopic (exact) mass is 337 g/mol. The number of ether oxygens (including phenoxy) is 1. The first kappa shape index (κ1) is 16.4. The van der Waals surface area contributed by atoms with Gasteiger partial charge in [-0.05, 0) is 25.0 Å². The Bertz CT molecular complexity index is 583. The first-order valence-electron chi connectivity index (χ1n) is 8.08. The molecule has 3 atom stereocenters. The molecule has 3 heterocycles. The number of carbonyl (C=O) groups is 2. The van der Waals surface area contributed by atoms with E-state index >= 15 is 0 Å². The van der Waals surface area contributed by atoms with Crippen LogP contribution in [0.5, 0.6) is 0 Å². The number of likely N-dealkylation sites (tertiary alicyclic amines) is 1. The third-order valence-corrected chi connectivity index (χ3v) is 5.82. The van der Waals surface area contributed by atoms with Crippen LogP contribution in [0.4, 0.5) is 0 Å². The van der Waals surface area contributed by atoms with Gasteiger partial charge in [0.2, 0.25) is 5.91 Å². The van der Waals surface area contributed by atoms with Crippen LogP contribution in [0, 0.1) is 5.92 Å². The van der Waals surface area contributed by atoms with Crippen LogP contribution in [0.25, 0.3) is 0 Å². The smallest absolute Gasteiger partial charge is 0.311 e. The first-order chi connectivity index (χ1) is 11.1. The summed E-state index contributed by atoms with van der Waals surface area (Å²) < 4.78 is 7.44. The molecule has 1 aromatic rings. The Balaban J connectivity index is 1.77. The van der Waals surface area contributed by atoms with E-state index in [0.717, 1.165) is 29.9 Å². The fourth-order valence-electron chi connectivity index (χ4n) is 3.39. The summed E-state index contributed by atoms with van der Waals surface area (Å²) in [6.07, 6.45) is 6.59. The predicted octanol–water partition coefficient (Wildman–Crippen LogP) is 1.77. The molecule has 2 fully saturated rings. The lowest BCUT2D eigenvalue weighted by Gasteiger charge is -2.38. The van der Waals surface area contributed by atoms with Crippen molar-refractivity contribution in [2.24, 2.45) is 13.0 Å². The minimum atomic E-state index is -0.311. The second-order valence-corrected chi connectivity index (χ2v) is 7.47. The molecule has 23 heavy (non-hydrogen) atoms. The molecular weight excluding hydrogens is 314 g/mol. The SMILES string of the molecule is CN1C(=O)CC[C@H](C(=O)O[C@H]2CCCSC2)[C@H]1c1cnn(C)c1. The van der Waals surface area contributed by atoms with Crippen LogP contribution in [0.1, 0.15) is 37.3 Å². The zero-order chi connectivity index (χ0) is 16.4. The van der Waals surface area contributed by atoms with Crippen molar-refractivity contribution in [1.82, 2.24) is 14.7 Å². The maximum absolute atomic E-state index is 12.7. The molecule has 126 valence electrons.